The highest BCUT2D eigenvalue weighted by Gasteiger charge is 2.31. The molecule has 2 N–H and O–H groups in total. The van der Waals surface area contributed by atoms with E-state index in [1.54, 1.807) is 36.3 Å². The van der Waals surface area contributed by atoms with E-state index in [9.17, 15) is 9.59 Å². The van der Waals surface area contributed by atoms with E-state index in [1.165, 1.54) is 0 Å². The van der Waals surface area contributed by atoms with Crippen LogP contribution >= 0.6 is 0 Å². The molecule has 1 saturated heterocycles. The topological polar surface area (TPSA) is 70.7 Å². The van der Waals surface area contributed by atoms with Crippen LogP contribution in [0.2, 0.25) is 0 Å². The maximum absolute atomic E-state index is 12.1. The molecule has 1 heterocycles. The Hall–Kier alpha value is -3.02. The van der Waals surface area contributed by atoms with Gasteiger partial charge in [0, 0.05) is 30.4 Å². The second kappa shape index (κ2) is 7.04. The van der Waals surface area contributed by atoms with Crippen LogP contribution in [0, 0.1) is 0 Å². The molecule has 0 saturated carbocycles. The fourth-order valence-corrected chi connectivity index (χ4v) is 2.72. The predicted molar refractivity (Wildman–Crippen MR) is 92.3 cm³/mol. The van der Waals surface area contributed by atoms with Gasteiger partial charge in [-0.1, -0.05) is 24.3 Å². The van der Waals surface area contributed by atoms with Gasteiger partial charge in [-0.2, -0.15) is 0 Å². The molecule has 1 aliphatic heterocycles. The van der Waals surface area contributed by atoms with Gasteiger partial charge in [0.1, 0.15) is 5.75 Å². The molecule has 0 bridgehead atoms. The Balaban J connectivity index is 1.58. The molecule has 6 nitrogen and oxygen atoms in total. The number of hydrogen-bond acceptors (Lipinski definition) is 3. The van der Waals surface area contributed by atoms with Crippen LogP contribution in [-0.2, 0) is 4.79 Å². The summed E-state index contributed by atoms with van der Waals surface area (Å²) < 4.78 is 5.12. The van der Waals surface area contributed by atoms with E-state index in [1.807, 2.05) is 30.3 Å². The highest BCUT2D eigenvalue weighted by atomic mass is 16.5. The van der Waals surface area contributed by atoms with Crippen molar-refractivity contribution in [1.29, 1.82) is 0 Å². The molecule has 24 heavy (non-hydrogen) atoms. The van der Waals surface area contributed by atoms with Gasteiger partial charge in [-0.3, -0.25) is 4.79 Å². The van der Waals surface area contributed by atoms with Crippen molar-refractivity contribution in [2.45, 2.75) is 12.5 Å². The van der Waals surface area contributed by atoms with Gasteiger partial charge in [-0.05, 0) is 24.3 Å². The molecule has 124 valence electrons. The van der Waals surface area contributed by atoms with E-state index in [0.717, 1.165) is 5.69 Å². The second-order valence-electron chi connectivity index (χ2n) is 5.57. The predicted octanol–water partition coefficient (Wildman–Crippen LogP) is 2.62. The van der Waals surface area contributed by atoms with Crippen LogP contribution in [-0.4, -0.2) is 31.6 Å². The van der Waals surface area contributed by atoms with Crippen molar-refractivity contribution in [1.82, 2.24) is 5.32 Å². The summed E-state index contributed by atoms with van der Waals surface area (Å²) in [5.41, 5.74) is 1.48. The molecule has 3 amide bonds. The first kappa shape index (κ1) is 15.9. The van der Waals surface area contributed by atoms with Gasteiger partial charge in [0.2, 0.25) is 5.91 Å². The molecule has 2 aromatic rings. The van der Waals surface area contributed by atoms with E-state index >= 15 is 0 Å². The van der Waals surface area contributed by atoms with Gasteiger partial charge in [-0.25, -0.2) is 4.79 Å². The lowest BCUT2D eigenvalue weighted by Crippen LogP contribution is -2.39. The lowest BCUT2D eigenvalue weighted by molar-refractivity contribution is -0.117. The minimum Gasteiger partial charge on any atom is -0.497 e. The lowest BCUT2D eigenvalue weighted by atomic mass is 10.2. The number of benzene rings is 2. The molecule has 1 atom stereocenters. The van der Waals surface area contributed by atoms with Gasteiger partial charge >= 0.3 is 6.03 Å². The number of nitrogens with one attached hydrogen (secondary N) is 2. The third-order valence-corrected chi connectivity index (χ3v) is 3.86. The second-order valence-corrected chi connectivity index (χ2v) is 5.57. The summed E-state index contributed by atoms with van der Waals surface area (Å²) in [4.78, 5) is 26.0. The fourth-order valence-electron chi connectivity index (χ4n) is 2.72. The minimum absolute atomic E-state index is 0.00730. The zero-order valence-corrected chi connectivity index (χ0v) is 13.4. The normalized spacial score (nSPS) is 16.8. The fraction of sp³-hybridized carbons (Fsp3) is 0.222. The molecule has 0 aliphatic carbocycles. The first-order valence-electron chi connectivity index (χ1n) is 7.72. The van der Waals surface area contributed by atoms with Crippen molar-refractivity contribution in [2.24, 2.45) is 0 Å². The van der Waals surface area contributed by atoms with Gasteiger partial charge in [0.15, 0.2) is 0 Å². The Kier molecular flexibility index (Phi) is 4.65. The monoisotopic (exact) mass is 325 g/mol. The van der Waals surface area contributed by atoms with Gasteiger partial charge < -0.3 is 20.3 Å². The Morgan fingerprint density at radius 1 is 1.17 bits per heavy atom. The van der Waals surface area contributed by atoms with Crippen molar-refractivity contribution < 1.29 is 14.3 Å². The highest BCUT2D eigenvalue weighted by Crippen LogP contribution is 2.21. The number of urea groups is 1. The summed E-state index contributed by atoms with van der Waals surface area (Å²) in [6.45, 7) is 0.467. The Morgan fingerprint density at radius 2 is 1.96 bits per heavy atom. The largest absolute Gasteiger partial charge is 0.497 e. The molecule has 1 aliphatic rings. The molecule has 3 rings (SSSR count). The number of ether oxygens (including phenoxy) is 1. The third kappa shape index (κ3) is 3.65. The Morgan fingerprint density at radius 3 is 2.71 bits per heavy atom. The lowest BCUT2D eigenvalue weighted by Gasteiger charge is -2.17. The summed E-state index contributed by atoms with van der Waals surface area (Å²) in [6, 6.07) is 16.0. The average Bonchev–Trinajstić information content (AvgIpc) is 2.96. The van der Waals surface area contributed by atoms with Crippen molar-refractivity contribution in [3.63, 3.8) is 0 Å². The molecular formula is C18H19N3O3. The standard InChI is InChI=1S/C18H19N3O3/c1-24-16-9-5-6-13(10-16)19-18(23)20-14-11-17(22)21(12-14)15-7-3-2-4-8-15/h2-10,14H,11-12H2,1H3,(H2,19,20,23)/t14-/m1/s1. The number of amides is 3. The molecule has 2 aromatic carbocycles. The van der Waals surface area contributed by atoms with Crippen LogP contribution < -0.4 is 20.3 Å². The summed E-state index contributed by atoms with van der Waals surface area (Å²) in [5, 5.41) is 5.59. The minimum atomic E-state index is -0.337. The first-order valence-corrected chi connectivity index (χ1v) is 7.72. The third-order valence-electron chi connectivity index (χ3n) is 3.86. The van der Waals surface area contributed by atoms with Crippen LogP contribution in [0.15, 0.2) is 54.6 Å². The van der Waals surface area contributed by atoms with E-state index < -0.39 is 0 Å². The van der Waals surface area contributed by atoms with Gasteiger partial charge in [0.05, 0.1) is 13.2 Å². The summed E-state index contributed by atoms with van der Waals surface area (Å²) in [6.07, 6.45) is 0.292. The SMILES string of the molecule is COc1cccc(NC(=O)N[C@@H]2CC(=O)N(c3ccccc3)C2)c1. The van der Waals surface area contributed by atoms with Crippen LogP contribution in [0.5, 0.6) is 5.75 Å². The smallest absolute Gasteiger partial charge is 0.319 e. The van der Waals surface area contributed by atoms with Gasteiger partial charge in [-0.15, -0.1) is 0 Å². The van der Waals surface area contributed by atoms with Crippen LogP contribution in [0.1, 0.15) is 6.42 Å². The number of carbonyl (C=O) groups is 2. The first-order chi connectivity index (χ1) is 11.7. The summed E-state index contributed by atoms with van der Waals surface area (Å²) >= 11 is 0. The summed E-state index contributed by atoms with van der Waals surface area (Å²) in [5.74, 6) is 0.673. The quantitative estimate of drug-likeness (QED) is 0.908. The number of nitrogens with zero attached hydrogens (tertiary/aromatic N) is 1. The van der Waals surface area contributed by atoms with Crippen LogP contribution in [0.25, 0.3) is 0 Å². The van der Waals surface area contributed by atoms with Crippen molar-refractivity contribution in [2.75, 3.05) is 23.9 Å². The molecule has 1 fully saturated rings. The Labute approximate surface area is 140 Å². The molecule has 6 heteroatoms. The Bertz CT molecular complexity index is 733. The van der Waals surface area contributed by atoms with Crippen LogP contribution in [0.4, 0.5) is 16.2 Å². The van der Waals surface area contributed by atoms with Gasteiger partial charge in [0.25, 0.3) is 0 Å². The number of para-hydroxylation sites is 1. The molecule has 0 unspecified atom stereocenters. The number of anilines is 2. The average molecular weight is 325 g/mol. The van der Waals surface area contributed by atoms with Crippen molar-refractivity contribution >= 4 is 23.3 Å². The zero-order valence-electron chi connectivity index (χ0n) is 13.4. The molecule has 0 aromatic heterocycles. The van der Waals surface area contributed by atoms with Crippen LogP contribution in [0.3, 0.4) is 0 Å². The number of hydrogen-bond donors (Lipinski definition) is 2. The molecule has 0 radical (unpaired) electrons. The zero-order chi connectivity index (χ0) is 16.9. The van der Waals surface area contributed by atoms with E-state index in [-0.39, 0.29) is 18.0 Å². The van der Waals surface area contributed by atoms with Crippen molar-refractivity contribution in [3.8, 4) is 5.75 Å². The molecule has 0 spiro atoms. The molecular weight excluding hydrogens is 306 g/mol. The summed E-state index contributed by atoms with van der Waals surface area (Å²) in [7, 11) is 1.57. The maximum Gasteiger partial charge on any atom is 0.319 e. The number of rotatable bonds is 4. The number of carbonyl (C=O) groups excluding carboxylic acids is 2. The van der Waals surface area contributed by atoms with E-state index in [0.29, 0.717) is 24.4 Å². The number of methoxy groups -OCH3 is 1. The maximum atomic E-state index is 12.1. The highest BCUT2D eigenvalue weighted by molar-refractivity contribution is 5.97. The van der Waals surface area contributed by atoms with E-state index in [2.05, 4.69) is 10.6 Å². The van der Waals surface area contributed by atoms with E-state index in [4.69, 9.17) is 4.74 Å². The van der Waals surface area contributed by atoms with Crippen molar-refractivity contribution in [3.05, 3.63) is 54.6 Å².